The van der Waals surface area contributed by atoms with Crippen LogP contribution >= 0.6 is 0 Å². The van der Waals surface area contributed by atoms with Crippen molar-refractivity contribution in [3.8, 4) is 27.9 Å². The first-order chi connectivity index (χ1) is 23.1. The second-order valence-corrected chi connectivity index (χ2v) is 13.0. The first-order valence-electron chi connectivity index (χ1n) is 16.4. The summed E-state index contributed by atoms with van der Waals surface area (Å²) in [7, 11) is 0. The summed E-state index contributed by atoms with van der Waals surface area (Å²) < 4.78 is 2.40. The Morgan fingerprint density at radius 3 is 1.89 bits per heavy atom. The molecule has 0 radical (unpaired) electrons. The molecule has 47 heavy (non-hydrogen) atoms. The van der Waals surface area contributed by atoms with Crippen molar-refractivity contribution < 1.29 is 0 Å². The van der Waals surface area contributed by atoms with Crippen LogP contribution in [0.15, 0.2) is 170 Å². The summed E-state index contributed by atoms with van der Waals surface area (Å²) >= 11 is 0. The van der Waals surface area contributed by atoms with Crippen molar-refractivity contribution in [2.45, 2.75) is 19.3 Å². The highest BCUT2D eigenvalue weighted by molar-refractivity contribution is 6.10. The van der Waals surface area contributed by atoms with Gasteiger partial charge in [0.15, 0.2) is 0 Å². The molecule has 0 saturated carbocycles. The molecular weight excluding hydrogens is 569 g/mol. The quantitative estimate of drug-likeness (QED) is 0.190. The first kappa shape index (κ1) is 27.5. The Morgan fingerprint density at radius 2 is 1.09 bits per heavy atom. The van der Waals surface area contributed by atoms with Gasteiger partial charge in [0.25, 0.3) is 0 Å². The van der Waals surface area contributed by atoms with Crippen LogP contribution in [0.25, 0.3) is 49.7 Å². The molecule has 0 saturated heterocycles. The minimum atomic E-state index is -0.159. The molecule has 0 aliphatic heterocycles. The minimum absolute atomic E-state index is 0.159. The van der Waals surface area contributed by atoms with Gasteiger partial charge in [-0.15, -0.1) is 0 Å². The second kappa shape index (κ2) is 10.6. The number of hydrogen-bond acceptors (Lipinski definition) is 1. The highest BCUT2D eigenvalue weighted by Crippen LogP contribution is 2.54. The molecular formula is C45H34N2. The zero-order chi connectivity index (χ0) is 31.5. The van der Waals surface area contributed by atoms with E-state index in [0.29, 0.717) is 0 Å². The summed E-state index contributed by atoms with van der Waals surface area (Å²) in [5, 5.41) is 2.51. The largest absolute Gasteiger partial charge is 0.310 e. The van der Waals surface area contributed by atoms with Crippen LogP contribution in [0, 0.1) is 0 Å². The molecule has 8 aromatic rings. The van der Waals surface area contributed by atoms with E-state index in [2.05, 4.69) is 193 Å². The highest BCUT2D eigenvalue weighted by Gasteiger charge is 2.38. The van der Waals surface area contributed by atoms with E-state index < -0.39 is 0 Å². The van der Waals surface area contributed by atoms with Gasteiger partial charge in [0.2, 0.25) is 0 Å². The molecule has 0 unspecified atom stereocenters. The summed E-state index contributed by atoms with van der Waals surface area (Å²) in [6, 6.07) is 61.8. The number of hydrogen-bond donors (Lipinski definition) is 0. The standard InChI is InChI=1S/C45H34N2/c1-45(2)40-21-11-9-18-36(40)39-20-13-23-42(44(39)45)46(34-26-24-32(25-27-34)31-14-5-3-6-15-31)35-28-29-38-37-19-10-12-22-41(37)47(43(38)30-35)33-16-7-4-8-17-33/h3-30H,1-2H3. The van der Waals surface area contributed by atoms with Crippen molar-refractivity contribution in [1.82, 2.24) is 4.57 Å². The Bertz CT molecular complexity index is 2420. The van der Waals surface area contributed by atoms with Crippen LogP contribution in [-0.2, 0) is 5.41 Å². The fourth-order valence-corrected chi connectivity index (χ4v) is 7.82. The van der Waals surface area contributed by atoms with E-state index in [1.54, 1.807) is 0 Å². The van der Waals surface area contributed by atoms with Crippen LogP contribution in [0.2, 0.25) is 0 Å². The van der Waals surface area contributed by atoms with Gasteiger partial charge in [-0.3, -0.25) is 0 Å². The van der Waals surface area contributed by atoms with Crippen LogP contribution in [0.3, 0.4) is 0 Å². The van der Waals surface area contributed by atoms with E-state index in [9.17, 15) is 0 Å². The first-order valence-corrected chi connectivity index (χ1v) is 16.4. The van der Waals surface area contributed by atoms with Gasteiger partial charge >= 0.3 is 0 Å². The lowest BCUT2D eigenvalue weighted by Gasteiger charge is -2.32. The SMILES string of the molecule is CC1(C)c2ccccc2-c2cccc(N(c3ccc(-c4ccccc4)cc3)c3ccc4c5ccccc5n(-c5ccccc5)c4c3)c21. The van der Waals surface area contributed by atoms with Crippen LogP contribution in [0.5, 0.6) is 0 Å². The molecule has 0 N–H and O–H groups in total. The number of rotatable bonds is 5. The van der Waals surface area contributed by atoms with Crippen molar-refractivity contribution in [1.29, 1.82) is 0 Å². The minimum Gasteiger partial charge on any atom is -0.310 e. The molecule has 0 amide bonds. The third-order valence-electron chi connectivity index (χ3n) is 9.96. The van der Waals surface area contributed by atoms with Gasteiger partial charge < -0.3 is 9.47 Å². The summed E-state index contributed by atoms with van der Waals surface area (Å²) in [4.78, 5) is 2.47. The molecule has 9 rings (SSSR count). The normalized spacial score (nSPS) is 13.1. The van der Waals surface area contributed by atoms with Gasteiger partial charge in [-0.05, 0) is 81.9 Å². The Morgan fingerprint density at radius 1 is 0.468 bits per heavy atom. The van der Waals surface area contributed by atoms with E-state index in [1.807, 2.05) is 0 Å². The van der Waals surface area contributed by atoms with Gasteiger partial charge in [-0.25, -0.2) is 0 Å². The number of nitrogens with zero attached hydrogens (tertiary/aromatic N) is 2. The number of para-hydroxylation sites is 2. The van der Waals surface area contributed by atoms with Gasteiger partial charge in [-0.1, -0.05) is 135 Å². The maximum atomic E-state index is 2.47. The van der Waals surface area contributed by atoms with Crippen molar-refractivity contribution in [3.05, 3.63) is 181 Å². The van der Waals surface area contributed by atoms with Crippen LogP contribution in [0.1, 0.15) is 25.0 Å². The zero-order valence-electron chi connectivity index (χ0n) is 26.6. The smallest absolute Gasteiger partial charge is 0.0561 e. The van der Waals surface area contributed by atoms with Crippen molar-refractivity contribution in [3.63, 3.8) is 0 Å². The number of fused-ring (bicyclic) bond motifs is 6. The molecule has 2 heteroatoms. The molecule has 1 aromatic heterocycles. The average Bonchev–Trinajstić information content (AvgIpc) is 3.58. The predicted molar refractivity (Wildman–Crippen MR) is 198 cm³/mol. The third-order valence-corrected chi connectivity index (χ3v) is 9.96. The lowest BCUT2D eigenvalue weighted by atomic mass is 9.81. The second-order valence-electron chi connectivity index (χ2n) is 13.0. The molecule has 0 bridgehead atoms. The number of benzene rings is 7. The maximum Gasteiger partial charge on any atom is 0.0561 e. The van der Waals surface area contributed by atoms with Gasteiger partial charge in [-0.2, -0.15) is 0 Å². The monoisotopic (exact) mass is 602 g/mol. The number of aromatic nitrogens is 1. The van der Waals surface area contributed by atoms with E-state index in [1.165, 1.54) is 60.9 Å². The third kappa shape index (κ3) is 4.26. The topological polar surface area (TPSA) is 8.17 Å². The molecule has 1 aliphatic rings. The molecule has 2 nitrogen and oxygen atoms in total. The Hall–Kier alpha value is -5.86. The Kier molecular flexibility index (Phi) is 6.20. The molecule has 1 aliphatic carbocycles. The van der Waals surface area contributed by atoms with Crippen LogP contribution in [0.4, 0.5) is 17.1 Å². The highest BCUT2D eigenvalue weighted by atomic mass is 15.1. The summed E-state index contributed by atoms with van der Waals surface area (Å²) in [6.07, 6.45) is 0. The van der Waals surface area contributed by atoms with E-state index in [-0.39, 0.29) is 5.41 Å². The van der Waals surface area contributed by atoms with E-state index in [4.69, 9.17) is 0 Å². The summed E-state index contributed by atoms with van der Waals surface area (Å²) in [6.45, 7) is 4.74. The fourth-order valence-electron chi connectivity index (χ4n) is 7.82. The van der Waals surface area contributed by atoms with Gasteiger partial charge in [0.05, 0.1) is 16.7 Å². The molecule has 1 heterocycles. The van der Waals surface area contributed by atoms with Crippen LogP contribution in [-0.4, -0.2) is 4.57 Å². The van der Waals surface area contributed by atoms with Crippen molar-refractivity contribution >= 4 is 38.9 Å². The Labute approximate surface area is 275 Å². The van der Waals surface area contributed by atoms with E-state index >= 15 is 0 Å². The molecule has 0 atom stereocenters. The van der Waals surface area contributed by atoms with E-state index in [0.717, 1.165) is 17.1 Å². The Balaban J connectivity index is 1.31. The van der Waals surface area contributed by atoms with Crippen molar-refractivity contribution in [2.75, 3.05) is 4.90 Å². The average molecular weight is 603 g/mol. The van der Waals surface area contributed by atoms with Crippen LogP contribution < -0.4 is 4.90 Å². The van der Waals surface area contributed by atoms with Gasteiger partial charge in [0, 0.05) is 33.2 Å². The van der Waals surface area contributed by atoms with Crippen molar-refractivity contribution in [2.24, 2.45) is 0 Å². The molecule has 7 aromatic carbocycles. The fraction of sp³-hybridized carbons (Fsp3) is 0.0667. The van der Waals surface area contributed by atoms with Gasteiger partial charge in [0.1, 0.15) is 0 Å². The lowest BCUT2D eigenvalue weighted by Crippen LogP contribution is -2.20. The molecule has 0 spiro atoms. The summed E-state index contributed by atoms with van der Waals surface area (Å²) in [5.41, 5.74) is 14.7. The summed E-state index contributed by atoms with van der Waals surface area (Å²) in [5.74, 6) is 0. The molecule has 224 valence electrons. The zero-order valence-corrected chi connectivity index (χ0v) is 26.6. The maximum absolute atomic E-state index is 2.47. The lowest BCUT2D eigenvalue weighted by molar-refractivity contribution is 0.661. The predicted octanol–water partition coefficient (Wildman–Crippen LogP) is 12.2. The number of anilines is 3. The molecule has 0 fully saturated rings.